The third-order valence-corrected chi connectivity index (χ3v) is 6.98. The predicted molar refractivity (Wildman–Crippen MR) is 103 cm³/mol. The molecule has 3 N–H and O–H groups in total. The second-order valence-electron chi connectivity index (χ2n) is 6.63. The van der Waals surface area contributed by atoms with Crippen LogP contribution < -0.4 is 9.62 Å². The first-order chi connectivity index (χ1) is 12.3. The molecule has 0 aliphatic carbocycles. The normalized spacial score (nSPS) is 19.9. The Morgan fingerprint density at radius 1 is 1.12 bits per heavy atom. The van der Waals surface area contributed by atoms with Gasteiger partial charge in [-0.05, 0) is 87.3 Å². The molecule has 142 valence electrons. The number of hydrogen-bond acceptors (Lipinski definition) is 4. The fraction of sp³-hybridized carbons (Fsp3) is 0.368. The van der Waals surface area contributed by atoms with E-state index in [1.165, 1.54) is 28.6 Å². The molecule has 26 heavy (non-hydrogen) atoms. The molecule has 0 spiro atoms. The Labute approximate surface area is 154 Å². The minimum Gasteiger partial charge on any atom is -0.320 e. The fourth-order valence-electron chi connectivity index (χ4n) is 3.45. The molecule has 1 unspecified atom stereocenters. The van der Waals surface area contributed by atoms with Crippen LogP contribution in [0.3, 0.4) is 0 Å². The van der Waals surface area contributed by atoms with E-state index in [1.54, 1.807) is 19.1 Å². The maximum Gasteiger partial charge on any atom is 0.123 e. The molecule has 3 rings (SSSR count). The van der Waals surface area contributed by atoms with Gasteiger partial charge in [-0.2, -0.15) is 0 Å². The van der Waals surface area contributed by atoms with Crippen molar-refractivity contribution in [1.82, 2.24) is 5.32 Å². The van der Waals surface area contributed by atoms with E-state index in [0.717, 1.165) is 18.5 Å². The van der Waals surface area contributed by atoms with Crippen LogP contribution in [-0.2, 0) is 6.42 Å². The van der Waals surface area contributed by atoms with Crippen molar-refractivity contribution >= 4 is 22.2 Å². The summed E-state index contributed by atoms with van der Waals surface area (Å²) in [6.07, 6.45) is 1.77. The standard InChI is InChI=1S/C19H24F2N2O2S/c1-13-10-15(20)5-7-18(13)23-19-8-6-16(21)11-14(19)12-17(26(23,24)25)4-3-9-22-2/h5-8,10-11,17,22,24-25H,3-4,9,12H2,1-2H3. The minimum atomic E-state index is -3.20. The van der Waals surface area contributed by atoms with Crippen LogP contribution in [0.25, 0.3) is 0 Å². The first-order valence-electron chi connectivity index (χ1n) is 8.61. The van der Waals surface area contributed by atoms with Gasteiger partial charge in [-0.15, -0.1) is 10.8 Å². The number of anilines is 2. The van der Waals surface area contributed by atoms with E-state index in [9.17, 15) is 17.9 Å². The summed E-state index contributed by atoms with van der Waals surface area (Å²) < 4.78 is 51.0. The van der Waals surface area contributed by atoms with Crippen molar-refractivity contribution < 1.29 is 17.9 Å². The lowest BCUT2D eigenvalue weighted by Gasteiger charge is -2.53. The zero-order chi connectivity index (χ0) is 18.9. The summed E-state index contributed by atoms with van der Waals surface area (Å²) in [5.41, 5.74) is 2.41. The van der Waals surface area contributed by atoms with E-state index < -0.39 is 16.0 Å². The monoisotopic (exact) mass is 382 g/mol. The summed E-state index contributed by atoms with van der Waals surface area (Å²) in [6, 6.07) is 8.51. The summed E-state index contributed by atoms with van der Waals surface area (Å²) in [7, 11) is -1.35. The average Bonchev–Trinajstić information content (AvgIpc) is 2.57. The van der Waals surface area contributed by atoms with Crippen molar-refractivity contribution in [2.75, 3.05) is 17.9 Å². The minimum absolute atomic E-state index is 0.355. The van der Waals surface area contributed by atoms with Crippen molar-refractivity contribution in [3.05, 3.63) is 59.2 Å². The molecule has 2 aromatic rings. The number of hydrogen-bond donors (Lipinski definition) is 3. The summed E-state index contributed by atoms with van der Waals surface area (Å²) >= 11 is 0. The molecule has 0 radical (unpaired) electrons. The number of aryl methyl sites for hydroxylation is 1. The van der Waals surface area contributed by atoms with Crippen LogP contribution in [0.1, 0.15) is 24.0 Å². The van der Waals surface area contributed by atoms with Gasteiger partial charge in [0.1, 0.15) is 11.6 Å². The molecule has 7 heteroatoms. The van der Waals surface area contributed by atoms with Gasteiger partial charge in [0, 0.05) is 0 Å². The van der Waals surface area contributed by atoms with Gasteiger partial charge in [0.25, 0.3) is 0 Å². The molecule has 1 aliphatic rings. The van der Waals surface area contributed by atoms with E-state index >= 15 is 0 Å². The topological polar surface area (TPSA) is 55.7 Å². The van der Waals surface area contributed by atoms with Gasteiger partial charge in [-0.25, -0.2) is 13.1 Å². The van der Waals surface area contributed by atoms with Gasteiger partial charge in [0.15, 0.2) is 0 Å². The van der Waals surface area contributed by atoms with E-state index in [-0.39, 0.29) is 11.6 Å². The van der Waals surface area contributed by atoms with Gasteiger partial charge in [0.05, 0.1) is 16.6 Å². The molecule has 1 atom stereocenters. The molecule has 0 bridgehead atoms. The molecule has 0 saturated heterocycles. The molecule has 0 amide bonds. The lowest BCUT2D eigenvalue weighted by molar-refractivity contribution is 0.454. The largest absolute Gasteiger partial charge is 0.320 e. The summed E-state index contributed by atoms with van der Waals surface area (Å²) in [5, 5.41) is 2.63. The molecule has 1 aliphatic heterocycles. The number of nitrogens with one attached hydrogen (secondary N) is 1. The SMILES string of the molecule is CNCCCC1Cc2cc(F)ccc2N(c2ccc(F)cc2C)S1(O)O. The number of fused-ring (bicyclic) bond motifs is 1. The van der Waals surface area contributed by atoms with Gasteiger partial charge >= 0.3 is 0 Å². The highest BCUT2D eigenvalue weighted by Crippen LogP contribution is 2.61. The Morgan fingerprint density at radius 3 is 2.42 bits per heavy atom. The summed E-state index contributed by atoms with van der Waals surface area (Å²) in [4.78, 5) is 0. The zero-order valence-electron chi connectivity index (χ0n) is 14.9. The molecule has 0 saturated carbocycles. The van der Waals surface area contributed by atoms with E-state index in [0.29, 0.717) is 29.8 Å². The Hall–Kier alpha value is -1.67. The quantitative estimate of drug-likeness (QED) is 0.637. The first-order valence-corrected chi connectivity index (χ1v) is 10.2. The van der Waals surface area contributed by atoms with Gasteiger partial charge < -0.3 is 5.32 Å². The molecule has 1 heterocycles. The maximum absolute atomic E-state index is 13.8. The molecule has 0 aromatic heterocycles. The third kappa shape index (κ3) is 3.57. The summed E-state index contributed by atoms with van der Waals surface area (Å²) in [6.45, 7) is 2.49. The lowest BCUT2D eigenvalue weighted by atomic mass is 10.0. The van der Waals surface area contributed by atoms with Crippen LogP contribution >= 0.6 is 10.8 Å². The number of nitrogens with zero attached hydrogens (tertiary/aromatic N) is 1. The van der Waals surface area contributed by atoms with Crippen molar-refractivity contribution in [2.45, 2.75) is 31.4 Å². The maximum atomic E-state index is 13.8. The first kappa shape index (κ1) is 19.1. The van der Waals surface area contributed by atoms with Crippen LogP contribution in [0.2, 0.25) is 0 Å². The van der Waals surface area contributed by atoms with Crippen LogP contribution in [0.4, 0.5) is 20.2 Å². The Morgan fingerprint density at radius 2 is 1.77 bits per heavy atom. The van der Waals surface area contributed by atoms with Crippen molar-refractivity contribution in [1.29, 1.82) is 0 Å². The van der Waals surface area contributed by atoms with Gasteiger partial charge in [-0.3, -0.25) is 9.11 Å². The van der Waals surface area contributed by atoms with E-state index in [1.807, 2.05) is 7.05 Å². The Balaban J connectivity index is 2.09. The van der Waals surface area contributed by atoms with Crippen LogP contribution in [-0.4, -0.2) is 27.9 Å². The molecule has 4 nitrogen and oxygen atoms in total. The smallest absolute Gasteiger partial charge is 0.123 e. The zero-order valence-corrected chi connectivity index (χ0v) is 15.7. The van der Waals surface area contributed by atoms with E-state index in [2.05, 4.69) is 5.32 Å². The average molecular weight is 382 g/mol. The van der Waals surface area contributed by atoms with Crippen molar-refractivity contribution in [3.8, 4) is 0 Å². The summed E-state index contributed by atoms with van der Waals surface area (Å²) in [5.74, 6) is -0.739. The highest BCUT2D eigenvalue weighted by atomic mass is 32.3. The van der Waals surface area contributed by atoms with Gasteiger partial charge in [-0.1, -0.05) is 0 Å². The van der Waals surface area contributed by atoms with Crippen molar-refractivity contribution in [2.24, 2.45) is 0 Å². The second-order valence-corrected chi connectivity index (χ2v) is 8.79. The number of halogens is 2. The van der Waals surface area contributed by atoms with Crippen LogP contribution in [0.15, 0.2) is 36.4 Å². The van der Waals surface area contributed by atoms with E-state index in [4.69, 9.17) is 0 Å². The predicted octanol–water partition coefficient (Wildman–Crippen LogP) is 5.00. The third-order valence-electron chi connectivity index (χ3n) is 4.75. The molecular weight excluding hydrogens is 358 g/mol. The Bertz CT molecular complexity index is 801. The molecule has 0 fully saturated rings. The highest BCUT2D eigenvalue weighted by Gasteiger charge is 2.40. The fourth-order valence-corrected chi connectivity index (χ4v) is 5.60. The highest BCUT2D eigenvalue weighted by molar-refractivity contribution is 8.26. The van der Waals surface area contributed by atoms with Gasteiger partial charge in [0.2, 0.25) is 0 Å². The van der Waals surface area contributed by atoms with Crippen molar-refractivity contribution in [3.63, 3.8) is 0 Å². The van der Waals surface area contributed by atoms with Crippen LogP contribution in [0.5, 0.6) is 0 Å². The molecule has 2 aromatic carbocycles. The number of rotatable bonds is 5. The second kappa shape index (κ2) is 7.52. The number of benzene rings is 2. The lowest BCUT2D eigenvalue weighted by Crippen LogP contribution is -2.38. The van der Waals surface area contributed by atoms with Crippen LogP contribution in [0, 0.1) is 18.6 Å². The Kier molecular flexibility index (Phi) is 5.53. The molecular formula is C19H24F2N2O2S.